The van der Waals surface area contributed by atoms with E-state index in [9.17, 15) is 0 Å². The van der Waals surface area contributed by atoms with Crippen LogP contribution in [0.1, 0.15) is 18.5 Å². The van der Waals surface area contributed by atoms with Gasteiger partial charge in [-0.3, -0.25) is 14.5 Å². The molecule has 0 saturated carbocycles. The molecule has 0 spiro atoms. The second kappa shape index (κ2) is 7.20. The van der Waals surface area contributed by atoms with Crippen LogP contribution in [-0.2, 0) is 0 Å². The van der Waals surface area contributed by atoms with Gasteiger partial charge in [0.1, 0.15) is 17.2 Å². The fourth-order valence-electron chi connectivity index (χ4n) is 3.36. The van der Waals surface area contributed by atoms with Crippen molar-refractivity contribution >= 4 is 11.5 Å². The van der Waals surface area contributed by atoms with E-state index in [1.165, 1.54) is 5.56 Å². The van der Waals surface area contributed by atoms with E-state index in [1.54, 1.807) is 18.6 Å². The Morgan fingerprint density at radius 3 is 2.69 bits per heavy atom. The Bertz CT molecular complexity index is 1240. The normalized spacial score (nSPS) is 12.2. The second-order valence-corrected chi connectivity index (χ2v) is 6.84. The highest BCUT2D eigenvalue weighted by atomic mass is 15.1. The summed E-state index contributed by atoms with van der Waals surface area (Å²) >= 11 is 0. The quantitative estimate of drug-likeness (QED) is 0.473. The number of rotatable bonds is 5. The molecule has 0 saturated heterocycles. The highest BCUT2D eigenvalue weighted by Crippen LogP contribution is 2.25. The molecule has 0 amide bonds. The fourth-order valence-corrected chi connectivity index (χ4v) is 3.36. The fraction of sp³-hybridized carbons (Fsp3) is 0.0909. The lowest BCUT2D eigenvalue weighted by Crippen LogP contribution is -2.08. The standard InChI is InChI=1S/C22H19N7/c1-15(16-5-3-2-4-6-16)27-21-13-23-11-19(28-21)20-12-24-22-8-7-17(14-29(20)22)18-9-25-26-10-18/h2-15H,1H3,(H,25,26)(H,27,28). The number of anilines is 1. The zero-order valence-electron chi connectivity index (χ0n) is 15.8. The first-order chi connectivity index (χ1) is 14.3. The van der Waals surface area contributed by atoms with Crippen molar-refractivity contribution in [2.75, 3.05) is 5.32 Å². The lowest BCUT2D eigenvalue weighted by molar-refractivity contribution is 0.871. The molecule has 29 heavy (non-hydrogen) atoms. The van der Waals surface area contributed by atoms with Crippen molar-refractivity contribution in [1.82, 2.24) is 29.5 Å². The van der Waals surface area contributed by atoms with E-state index in [4.69, 9.17) is 4.98 Å². The average Bonchev–Trinajstić information content (AvgIpc) is 3.44. The van der Waals surface area contributed by atoms with Crippen LogP contribution in [0.3, 0.4) is 0 Å². The molecule has 5 aromatic rings. The molecule has 1 unspecified atom stereocenters. The van der Waals surface area contributed by atoms with E-state index in [0.29, 0.717) is 0 Å². The van der Waals surface area contributed by atoms with Crippen LogP contribution in [0.2, 0.25) is 0 Å². The van der Waals surface area contributed by atoms with E-state index in [1.807, 2.05) is 53.3 Å². The lowest BCUT2D eigenvalue weighted by Gasteiger charge is -2.15. The minimum absolute atomic E-state index is 0.121. The molecule has 4 heterocycles. The molecule has 1 atom stereocenters. The molecule has 0 radical (unpaired) electrons. The SMILES string of the molecule is CC(Nc1cncc(-c2cnc3ccc(-c4cn[nH]c4)cn23)n1)c1ccccc1. The molecule has 0 aliphatic heterocycles. The molecule has 2 N–H and O–H groups in total. The Morgan fingerprint density at radius 2 is 1.86 bits per heavy atom. The number of hydrogen-bond acceptors (Lipinski definition) is 5. The molecule has 1 aromatic carbocycles. The zero-order valence-corrected chi connectivity index (χ0v) is 15.8. The van der Waals surface area contributed by atoms with Gasteiger partial charge in [-0.15, -0.1) is 0 Å². The van der Waals surface area contributed by atoms with Crippen molar-refractivity contribution < 1.29 is 0 Å². The Balaban J connectivity index is 1.49. The number of pyridine rings is 1. The van der Waals surface area contributed by atoms with Gasteiger partial charge < -0.3 is 5.32 Å². The number of H-pyrrole nitrogens is 1. The van der Waals surface area contributed by atoms with Crippen LogP contribution in [0.25, 0.3) is 28.2 Å². The third kappa shape index (κ3) is 3.34. The molecule has 7 nitrogen and oxygen atoms in total. The van der Waals surface area contributed by atoms with Crippen LogP contribution >= 0.6 is 0 Å². The largest absolute Gasteiger partial charge is 0.362 e. The smallest absolute Gasteiger partial charge is 0.145 e. The van der Waals surface area contributed by atoms with E-state index < -0.39 is 0 Å². The first-order valence-electron chi connectivity index (χ1n) is 9.38. The zero-order chi connectivity index (χ0) is 19.6. The maximum atomic E-state index is 4.77. The van der Waals surface area contributed by atoms with Gasteiger partial charge in [0.2, 0.25) is 0 Å². The van der Waals surface area contributed by atoms with Crippen LogP contribution in [0.5, 0.6) is 0 Å². The topological polar surface area (TPSA) is 83.8 Å². The van der Waals surface area contributed by atoms with Gasteiger partial charge in [0.15, 0.2) is 0 Å². The average molecular weight is 381 g/mol. The molecule has 0 bridgehead atoms. The van der Waals surface area contributed by atoms with Crippen LogP contribution in [0.4, 0.5) is 5.82 Å². The molecule has 4 aromatic heterocycles. The Labute approximate surface area is 167 Å². The van der Waals surface area contributed by atoms with Crippen LogP contribution < -0.4 is 5.32 Å². The lowest BCUT2D eigenvalue weighted by atomic mass is 10.1. The number of aromatic amines is 1. The number of fused-ring (bicyclic) bond motifs is 1. The maximum absolute atomic E-state index is 4.77. The summed E-state index contributed by atoms with van der Waals surface area (Å²) in [5.74, 6) is 0.722. The summed E-state index contributed by atoms with van der Waals surface area (Å²) in [4.78, 5) is 13.7. The summed E-state index contributed by atoms with van der Waals surface area (Å²) in [6.45, 7) is 2.11. The number of aromatic nitrogens is 6. The van der Waals surface area contributed by atoms with Crippen LogP contribution in [-0.4, -0.2) is 29.5 Å². The van der Waals surface area contributed by atoms with Gasteiger partial charge in [-0.25, -0.2) is 9.97 Å². The molecule has 142 valence electrons. The Kier molecular flexibility index (Phi) is 4.25. The van der Waals surface area contributed by atoms with Crippen molar-refractivity contribution in [2.45, 2.75) is 13.0 Å². The summed E-state index contributed by atoms with van der Waals surface area (Å²) in [6.07, 6.45) is 11.0. The predicted octanol–water partition coefficient (Wildman–Crippen LogP) is 4.35. The third-order valence-electron chi connectivity index (χ3n) is 4.90. The van der Waals surface area contributed by atoms with Gasteiger partial charge in [-0.2, -0.15) is 5.10 Å². The van der Waals surface area contributed by atoms with Gasteiger partial charge in [-0.05, 0) is 24.6 Å². The maximum Gasteiger partial charge on any atom is 0.145 e. The molecule has 0 fully saturated rings. The van der Waals surface area contributed by atoms with E-state index in [2.05, 4.69) is 44.5 Å². The van der Waals surface area contributed by atoms with Gasteiger partial charge in [-0.1, -0.05) is 30.3 Å². The summed E-state index contributed by atoms with van der Waals surface area (Å²) in [5, 5.41) is 10.3. The molecule has 0 aliphatic rings. The third-order valence-corrected chi connectivity index (χ3v) is 4.90. The number of nitrogens with zero attached hydrogens (tertiary/aromatic N) is 5. The van der Waals surface area contributed by atoms with Crippen LogP contribution in [0.15, 0.2) is 79.6 Å². The molecular weight excluding hydrogens is 362 g/mol. The van der Waals surface area contributed by atoms with Crippen molar-refractivity contribution in [3.63, 3.8) is 0 Å². The molecular formula is C22H19N7. The minimum atomic E-state index is 0.121. The van der Waals surface area contributed by atoms with E-state index in [0.717, 1.165) is 34.0 Å². The molecule has 7 heteroatoms. The number of imidazole rings is 1. The summed E-state index contributed by atoms with van der Waals surface area (Å²) < 4.78 is 2.02. The Morgan fingerprint density at radius 1 is 0.966 bits per heavy atom. The number of benzene rings is 1. The Hall–Kier alpha value is -4.00. The van der Waals surface area contributed by atoms with Crippen molar-refractivity contribution in [1.29, 1.82) is 0 Å². The summed E-state index contributed by atoms with van der Waals surface area (Å²) in [5.41, 5.74) is 5.75. The second-order valence-electron chi connectivity index (χ2n) is 6.84. The first kappa shape index (κ1) is 17.1. The number of hydrogen-bond donors (Lipinski definition) is 2. The van der Waals surface area contributed by atoms with Crippen LogP contribution in [0, 0.1) is 0 Å². The van der Waals surface area contributed by atoms with E-state index >= 15 is 0 Å². The van der Waals surface area contributed by atoms with Gasteiger partial charge in [0.05, 0.1) is 30.5 Å². The van der Waals surface area contributed by atoms with Gasteiger partial charge in [0.25, 0.3) is 0 Å². The van der Waals surface area contributed by atoms with Gasteiger partial charge >= 0.3 is 0 Å². The van der Waals surface area contributed by atoms with Crippen molar-refractivity contribution in [3.05, 3.63) is 85.2 Å². The highest BCUT2D eigenvalue weighted by Gasteiger charge is 2.12. The minimum Gasteiger partial charge on any atom is -0.362 e. The van der Waals surface area contributed by atoms with E-state index in [-0.39, 0.29) is 6.04 Å². The summed E-state index contributed by atoms with van der Waals surface area (Å²) in [7, 11) is 0. The van der Waals surface area contributed by atoms with Crippen molar-refractivity contribution in [3.8, 4) is 22.5 Å². The number of nitrogens with one attached hydrogen (secondary N) is 2. The first-order valence-corrected chi connectivity index (χ1v) is 9.38. The highest BCUT2D eigenvalue weighted by molar-refractivity contribution is 5.67. The molecule has 0 aliphatic carbocycles. The molecule has 5 rings (SSSR count). The van der Waals surface area contributed by atoms with Crippen molar-refractivity contribution in [2.24, 2.45) is 0 Å². The summed E-state index contributed by atoms with van der Waals surface area (Å²) in [6, 6.07) is 14.4. The van der Waals surface area contributed by atoms with Gasteiger partial charge in [0, 0.05) is 29.6 Å². The monoisotopic (exact) mass is 381 g/mol. The predicted molar refractivity (Wildman–Crippen MR) is 112 cm³/mol.